The highest BCUT2D eigenvalue weighted by atomic mass is 35.5. The van der Waals surface area contributed by atoms with Crippen LogP contribution in [0.15, 0.2) is 77.6 Å². The molecule has 0 aliphatic rings. The number of hydrogen-bond acceptors (Lipinski definition) is 5. The van der Waals surface area contributed by atoms with E-state index < -0.39 is 0 Å². The summed E-state index contributed by atoms with van der Waals surface area (Å²) in [5, 5.41) is 5.29. The van der Waals surface area contributed by atoms with Crippen LogP contribution in [-0.4, -0.2) is 14.6 Å². The van der Waals surface area contributed by atoms with Gasteiger partial charge in [0.1, 0.15) is 11.5 Å². The molecular weight excluding hydrogens is 453 g/mol. The summed E-state index contributed by atoms with van der Waals surface area (Å²) in [5.41, 5.74) is 1.23. The minimum atomic E-state index is -0.238. The smallest absolute Gasteiger partial charge is 0.291 e. The summed E-state index contributed by atoms with van der Waals surface area (Å²) >= 11 is 13.5. The standard InChI is InChI=1S/C23H13Cl2N3O2S/c24-15-9-10-18(19(25)13-15)21-26-23-28(27-21)22(29)20(31-23)12-14-5-4-8-17(11-14)30-16-6-2-1-3-7-16/h1-13H. The van der Waals surface area contributed by atoms with Crippen LogP contribution in [0, 0.1) is 0 Å². The highest BCUT2D eigenvalue weighted by Gasteiger charge is 2.14. The Balaban J connectivity index is 1.49. The molecule has 0 radical (unpaired) electrons. The molecular formula is C23H13Cl2N3O2S. The van der Waals surface area contributed by atoms with Crippen molar-refractivity contribution in [2.75, 3.05) is 0 Å². The first-order valence-electron chi connectivity index (χ1n) is 9.26. The first-order valence-corrected chi connectivity index (χ1v) is 10.8. The predicted molar refractivity (Wildman–Crippen MR) is 124 cm³/mol. The summed E-state index contributed by atoms with van der Waals surface area (Å²) in [6.45, 7) is 0. The molecule has 0 amide bonds. The van der Waals surface area contributed by atoms with Crippen molar-refractivity contribution in [3.8, 4) is 22.9 Å². The van der Waals surface area contributed by atoms with Gasteiger partial charge in [0.05, 0.1) is 9.55 Å². The fourth-order valence-electron chi connectivity index (χ4n) is 3.06. The lowest BCUT2D eigenvalue weighted by Crippen LogP contribution is -2.23. The van der Waals surface area contributed by atoms with Gasteiger partial charge < -0.3 is 4.74 Å². The molecule has 0 atom stereocenters. The fourth-order valence-corrected chi connectivity index (χ4v) is 4.46. The maximum absolute atomic E-state index is 12.8. The van der Waals surface area contributed by atoms with Crippen LogP contribution in [0.25, 0.3) is 22.4 Å². The molecule has 0 saturated carbocycles. The third-order valence-electron chi connectivity index (χ3n) is 4.49. The van der Waals surface area contributed by atoms with Gasteiger partial charge in [-0.15, -0.1) is 5.10 Å². The van der Waals surface area contributed by atoms with Crippen molar-refractivity contribution in [3.05, 3.63) is 103 Å². The lowest BCUT2D eigenvalue weighted by molar-refractivity contribution is 0.482. The lowest BCUT2D eigenvalue weighted by Gasteiger charge is -2.05. The number of halogens is 2. The number of rotatable bonds is 4. The molecule has 0 unspecified atom stereocenters. The Hall–Kier alpha value is -3.19. The second kappa shape index (κ2) is 8.15. The summed E-state index contributed by atoms with van der Waals surface area (Å²) in [6.07, 6.45) is 1.80. The molecule has 0 fully saturated rings. The number of nitrogens with zero attached hydrogens (tertiary/aromatic N) is 3. The molecule has 0 bridgehead atoms. The normalized spacial score (nSPS) is 11.9. The first kappa shape index (κ1) is 19.8. The number of ether oxygens (including phenoxy) is 1. The van der Waals surface area contributed by atoms with Crippen LogP contribution in [0.3, 0.4) is 0 Å². The van der Waals surface area contributed by atoms with Crippen LogP contribution < -0.4 is 14.8 Å². The minimum absolute atomic E-state index is 0.238. The molecule has 0 saturated heterocycles. The van der Waals surface area contributed by atoms with E-state index in [4.69, 9.17) is 27.9 Å². The number of hydrogen-bond donors (Lipinski definition) is 0. The SMILES string of the molecule is O=c1c(=Cc2cccc(Oc3ccccc3)c2)sc2nc(-c3ccc(Cl)cc3Cl)nn12. The van der Waals surface area contributed by atoms with Crippen molar-refractivity contribution >= 4 is 45.6 Å². The van der Waals surface area contributed by atoms with E-state index in [-0.39, 0.29) is 5.56 Å². The van der Waals surface area contributed by atoms with Crippen LogP contribution in [-0.2, 0) is 0 Å². The Kier molecular flexibility index (Phi) is 5.19. The van der Waals surface area contributed by atoms with Gasteiger partial charge >= 0.3 is 0 Å². The molecule has 0 spiro atoms. The van der Waals surface area contributed by atoms with Crippen LogP contribution >= 0.6 is 34.5 Å². The molecule has 0 N–H and O–H groups in total. The van der Waals surface area contributed by atoms with E-state index in [1.165, 1.54) is 15.9 Å². The van der Waals surface area contributed by atoms with E-state index in [1.54, 1.807) is 24.3 Å². The van der Waals surface area contributed by atoms with Gasteiger partial charge in [-0.05, 0) is 54.1 Å². The first-order chi connectivity index (χ1) is 15.1. The summed E-state index contributed by atoms with van der Waals surface area (Å²) in [4.78, 5) is 17.8. The maximum Gasteiger partial charge on any atom is 0.291 e. The lowest BCUT2D eigenvalue weighted by atomic mass is 10.2. The fraction of sp³-hybridized carbons (Fsp3) is 0. The zero-order valence-corrected chi connectivity index (χ0v) is 18.2. The highest BCUT2D eigenvalue weighted by molar-refractivity contribution is 7.15. The molecule has 0 aliphatic carbocycles. The Bertz CT molecular complexity index is 1510. The van der Waals surface area contributed by atoms with Crippen molar-refractivity contribution in [2.45, 2.75) is 0 Å². The monoisotopic (exact) mass is 465 g/mol. The summed E-state index contributed by atoms with van der Waals surface area (Å²) in [6, 6.07) is 22.1. The molecule has 3 aromatic carbocycles. The molecule has 5 nitrogen and oxygen atoms in total. The largest absolute Gasteiger partial charge is 0.457 e. The summed E-state index contributed by atoms with van der Waals surface area (Å²) in [7, 11) is 0. The number of benzene rings is 3. The molecule has 8 heteroatoms. The van der Waals surface area contributed by atoms with Crippen LogP contribution in [0.5, 0.6) is 11.5 Å². The van der Waals surface area contributed by atoms with E-state index in [0.717, 1.165) is 11.3 Å². The van der Waals surface area contributed by atoms with Crippen molar-refractivity contribution in [3.63, 3.8) is 0 Å². The second-order valence-electron chi connectivity index (χ2n) is 6.66. The zero-order valence-electron chi connectivity index (χ0n) is 15.8. The molecule has 31 heavy (non-hydrogen) atoms. The van der Waals surface area contributed by atoms with Gasteiger partial charge in [-0.3, -0.25) is 4.79 Å². The van der Waals surface area contributed by atoms with Gasteiger partial charge in [0.15, 0.2) is 5.82 Å². The van der Waals surface area contributed by atoms with Crippen molar-refractivity contribution < 1.29 is 4.74 Å². The molecule has 0 aliphatic heterocycles. The van der Waals surface area contributed by atoms with Gasteiger partial charge in [-0.25, -0.2) is 0 Å². The molecule has 2 heterocycles. The van der Waals surface area contributed by atoms with Gasteiger partial charge in [-0.2, -0.15) is 9.50 Å². The van der Waals surface area contributed by atoms with E-state index in [9.17, 15) is 4.79 Å². The van der Waals surface area contributed by atoms with Crippen LogP contribution in [0.4, 0.5) is 0 Å². The average molecular weight is 466 g/mol. The molecule has 5 rings (SSSR count). The number of aromatic nitrogens is 3. The van der Waals surface area contributed by atoms with Crippen LogP contribution in [0.1, 0.15) is 5.56 Å². The number of para-hydroxylation sites is 1. The van der Waals surface area contributed by atoms with E-state index >= 15 is 0 Å². The second-order valence-corrected chi connectivity index (χ2v) is 8.51. The Morgan fingerprint density at radius 1 is 0.935 bits per heavy atom. The number of fused-ring (bicyclic) bond motifs is 1. The predicted octanol–water partition coefficient (Wildman–Crippen LogP) is 5.46. The third-order valence-corrected chi connectivity index (χ3v) is 6.00. The van der Waals surface area contributed by atoms with Gasteiger partial charge in [0.2, 0.25) is 4.96 Å². The minimum Gasteiger partial charge on any atom is -0.457 e. The van der Waals surface area contributed by atoms with E-state index in [0.29, 0.717) is 36.7 Å². The zero-order chi connectivity index (χ0) is 21.4. The van der Waals surface area contributed by atoms with Gasteiger partial charge in [-0.1, -0.05) is 64.9 Å². The van der Waals surface area contributed by atoms with Crippen molar-refractivity contribution in [2.24, 2.45) is 0 Å². The van der Waals surface area contributed by atoms with E-state index in [1.807, 2.05) is 54.6 Å². The quantitative estimate of drug-likeness (QED) is 0.353. The summed E-state index contributed by atoms with van der Waals surface area (Å²) in [5.74, 6) is 1.82. The number of thiazole rings is 1. The average Bonchev–Trinajstić information content (AvgIpc) is 3.28. The molecule has 5 aromatic rings. The maximum atomic E-state index is 12.8. The third kappa shape index (κ3) is 4.05. The Labute approximate surface area is 190 Å². The van der Waals surface area contributed by atoms with Gasteiger partial charge in [0, 0.05) is 10.6 Å². The van der Waals surface area contributed by atoms with Gasteiger partial charge in [0.25, 0.3) is 5.56 Å². The van der Waals surface area contributed by atoms with Crippen molar-refractivity contribution in [1.29, 1.82) is 0 Å². The highest BCUT2D eigenvalue weighted by Crippen LogP contribution is 2.28. The molecule has 152 valence electrons. The Morgan fingerprint density at radius 2 is 1.74 bits per heavy atom. The summed E-state index contributed by atoms with van der Waals surface area (Å²) < 4.78 is 7.69. The Morgan fingerprint density at radius 3 is 2.52 bits per heavy atom. The topological polar surface area (TPSA) is 56.5 Å². The van der Waals surface area contributed by atoms with Crippen molar-refractivity contribution in [1.82, 2.24) is 14.6 Å². The van der Waals surface area contributed by atoms with Crippen LogP contribution in [0.2, 0.25) is 10.0 Å². The molecule has 2 aromatic heterocycles. The van der Waals surface area contributed by atoms with E-state index in [2.05, 4.69) is 10.1 Å².